The zero-order valence-electron chi connectivity index (χ0n) is 42.9. The highest BCUT2D eigenvalue weighted by atomic mass is 14.7. The van der Waals surface area contributed by atoms with Gasteiger partial charge in [-0.3, -0.25) is 0 Å². The molecule has 0 aromatic heterocycles. The lowest BCUT2D eigenvalue weighted by atomic mass is 9.34. The highest BCUT2D eigenvalue weighted by Crippen LogP contribution is 2.73. The number of unbranched alkanes of at least 4 members (excludes halogenated alkanes) is 27. The van der Waals surface area contributed by atoms with Crippen molar-refractivity contribution in [1.82, 2.24) is 0 Å². The van der Waals surface area contributed by atoms with Gasteiger partial charge in [-0.25, -0.2) is 0 Å². The first-order valence-corrected chi connectivity index (χ1v) is 27.3. The molecule has 0 aromatic rings. The largest absolute Gasteiger partial charge is 0.0654 e. The Labute approximate surface area is 365 Å². The van der Waals surface area contributed by atoms with Crippen molar-refractivity contribution in [3.63, 3.8) is 0 Å². The average molecular weight is 802 g/mol. The van der Waals surface area contributed by atoms with Gasteiger partial charge in [0.1, 0.15) is 0 Å². The lowest BCUT2D eigenvalue weighted by Crippen LogP contribution is -2.64. The third kappa shape index (κ3) is 20.6. The Morgan fingerprint density at radius 1 is 0.333 bits per heavy atom. The molecule has 0 rings (SSSR count). The van der Waals surface area contributed by atoms with Crippen LogP contribution >= 0.6 is 0 Å². The fraction of sp³-hybridized carbons (Fsp3) is 1.00. The van der Waals surface area contributed by atoms with Gasteiger partial charge in [0.15, 0.2) is 0 Å². The predicted octanol–water partition coefficient (Wildman–Crippen LogP) is 21.5. The van der Waals surface area contributed by atoms with Crippen LogP contribution in [0.5, 0.6) is 0 Å². The number of hydrogen-bond donors (Lipinski definition) is 0. The Morgan fingerprint density at radius 2 is 0.614 bits per heavy atom. The molecule has 0 aliphatic heterocycles. The summed E-state index contributed by atoms with van der Waals surface area (Å²) >= 11 is 0. The molecule has 0 fully saturated rings. The molecule has 0 amide bonds. The summed E-state index contributed by atoms with van der Waals surface area (Å²) in [4.78, 5) is 0. The van der Waals surface area contributed by atoms with Crippen LogP contribution in [0.25, 0.3) is 0 Å². The molecule has 4 atom stereocenters. The van der Waals surface area contributed by atoms with Gasteiger partial charge in [0.25, 0.3) is 0 Å². The van der Waals surface area contributed by atoms with Crippen LogP contribution in [-0.4, -0.2) is 0 Å². The van der Waals surface area contributed by atoms with Gasteiger partial charge >= 0.3 is 0 Å². The Hall–Kier alpha value is 0. The zero-order chi connectivity index (χ0) is 42.9. The predicted molar refractivity (Wildman–Crippen MR) is 265 cm³/mol. The first-order chi connectivity index (χ1) is 27.3. The first kappa shape index (κ1) is 57.0. The Morgan fingerprint density at radius 3 is 0.877 bits per heavy atom. The smallest absolute Gasteiger partial charge is 0.0149 e. The van der Waals surface area contributed by atoms with Gasteiger partial charge in [-0.1, -0.05) is 295 Å². The molecular formula is C57H116. The van der Waals surface area contributed by atoms with Crippen LogP contribution in [0.3, 0.4) is 0 Å². The van der Waals surface area contributed by atoms with Crippen LogP contribution in [0.4, 0.5) is 0 Å². The molecule has 0 spiro atoms. The van der Waals surface area contributed by atoms with Crippen LogP contribution in [0.15, 0.2) is 0 Å². The molecule has 57 heavy (non-hydrogen) atoms. The zero-order valence-corrected chi connectivity index (χ0v) is 42.9. The maximum absolute atomic E-state index is 2.79. The fourth-order valence-corrected chi connectivity index (χ4v) is 12.8. The molecule has 4 unspecified atom stereocenters. The van der Waals surface area contributed by atoms with E-state index < -0.39 is 0 Å². The van der Waals surface area contributed by atoms with Crippen LogP contribution in [0.2, 0.25) is 0 Å². The van der Waals surface area contributed by atoms with E-state index in [1.165, 1.54) is 238 Å². The second-order valence-corrected chi connectivity index (χ2v) is 22.1. The number of rotatable bonds is 42. The van der Waals surface area contributed by atoms with Crippen LogP contribution in [-0.2, 0) is 0 Å². The average Bonchev–Trinajstić information content (AvgIpc) is 3.17. The molecule has 0 heterocycles. The molecule has 0 heteroatoms. The van der Waals surface area contributed by atoms with Crippen molar-refractivity contribution < 1.29 is 0 Å². The minimum absolute atomic E-state index is 0.274. The van der Waals surface area contributed by atoms with Crippen LogP contribution in [0, 0.1) is 39.4 Å². The van der Waals surface area contributed by atoms with Gasteiger partial charge in [0, 0.05) is 0 Å². The fourth-order valence-electron chi connectivity index (χ4n) is 12.8. The summed E-state index contributed by atoms with van der Waals surface area (Å²) in [6, 6.07) is 0. The van der Waals surface area contributed by atoms with E-state index in [9.17, 15) is 0 Å². The molecule has 0 aromatic carbocycles. The molecule has 0 radical (unpaired) electrons. The molecule has 0 aliphatic carbocycles. The van der Waals surface area contributed by atoms with Crippen LogP contribution in [0.1, 0.15) is 328 Å². The van der Waals surface area contributed by atoms with Crippen LogP contribution < -0.4 is 0 Å². The summed E-state index contributed by atoms with van der Waals surface area (Å²) in [5, 5.41) is 0. The van der Waals surface area contributed by atoms with Crippen molar-refractivity contribution in [2.75, 3.05) is 0 Å². The molecule has 0 saturated heterocycles. The summed E-state index contributed by atoms with van der Waals surface area (Å²) in [5.41, 5.74) is 1.34. The van der Waals surface area contributed by atoms with Crippen molar-refractivity contribution >= 4 is 0 Å². The summed E-state index contributed by atoms with van der Waals surface area (Å²) in [6.45, 7) is 33.8. The van der Waals surface area contributed by atoms with Crippen molar-refractivity contribution in [2.45, 2.75) is 328 Å². The summed E-state index contributed by atoms with van der Waals surface area (Å²) in [5.74, 6) is 2.18. The minimum atomic E-state index is 0.274. The Bertz CT molecular complexity index is 845. The van der Waals surface area contributed by atoms with E-state index in [2.05, 4.69) is 90.0 Å². The second kappa shape index (κ2) is 34.6. The highest BCUT2D eigenvalue weighted by molar-refractivity contribution is 5.14. The van der Waals surface area contributed by atoms with E-state index >= 15 is 0 Å². The first-order valence-electron chi connectivity index (χ1n) is 27.3. The maximum Gasteiger partial charge on any atom is -0.0149 e. The maximum atomic E-state index is 2.79. The molecule has 0 N–H and O–H groups in total. The molecule has 0 saturated carbocycles. The van der Waals surface area contributed by atoms with Gasteiger partial charge in [0.2, 0.25) is 0 Å². The lowest BCUT2D eigenvalue weighted by molar-refractivity contribution is -0.222. The molecule has 344 valence electrons. The highest BCUT2D eigenvalue weighted by Gasteiger charge is 2.66. The topological polar surface area (TPSA) is 0 Å². The third-order valence-electron chi connectivity index (χ3n) is 16.1. The van der Waals surface area contributed by atoms with Gasteiger partial charge in [-0.2, -0.15) is 0 Å². The van der Waals surface area contributed by atoms with Gasteiger partial charge in [-0.15, -0.1) is 0 Å². The van der Waals surface area contributed by atoms with E-state index in [-0.39, 0.29) is 5.41 Å². The van der Waals surface area contributed by atoms with Gasteiger partial charge < -0.3 is 0 Å². The molecule has 0 bridgehead atoms. The van der Waals surface area contributed by atoms with Crippen molar-refractivity contribution in [3.8, 4) is 0 Å². The molecule has 0 nitrogen and oxygen atoms in total. The standard InChI is InChI=1S/C57H116/c1-14-19-23-26-29-31-33-34-35-36-38-40-43-47-55(52(8)9,46-22-17-4)57(50-51(6)7,53(10)18-5)56(54(11,12)13,48-44-41-28-25-21-16-3)49-45-42-39-37-32-30-27-24-20-15-2/h51-53H,14-50H2,1-13H3. The van der Waals surface area contributed by atoms with E-state index in [4.69, 9.17) is 0 Å². The van der Waals surface area contributed by atoms with E-state index in [0.29, 0.717) is 22.2 Å². The van der Waals surface area contributed by atoms with E-state index in [1.54, 1.807) is 0 Å². The lowest BCUT2D eigenvalue weighted by Gasteiger charge is -2.70. The monoisotopic (exact) mass is 801 g/mol. The third-order valence-corrected chi connectivity index (χ3v) is 16.1. The molecular weight excluding hydrogens is 685 g/mol. The van der Waals surface area contributed by atoms with Gasteiger partial charge in [-0.05, 0) is 71.5 Å². The van der Waals surface area contributed by atoms with E-state index in [0.717, 1.165) is 11.8 Å². The minimum Gasteiger partial charge on any atom is -0.0654 e. The summed E-state index contributed by atoms with van der Waals surface area (Å²) < 4.78 is 0. The second-order valence-electron chi connectivity index (χ2n) is 22.1. The molecule has 0 aliphatic rings. The van der Waals surface area contributed by atoms with Gasteiger partial charge in [0.05, 0.1) is 0 Å². The summed E-state index contributed by atoms with van der Waals surface area (Å²) in [7, 11) is 0. The summed E-state index contributed by atoms with van der Waals surface area (Å²) in [6.07, 6.45) is 53.2. The van der Waals surface area contributed by atoms with E-state index in [1.807, 2.05) is 0 Å². The Balaban J connectivity index is 6.73. The Kier molecular flexibility index (Phi) is 34.6. The van der Waals surface area contributed by atoms with Crippen molar-refractivity contribution in [2.24, 2.45) is 39.4 Å². The normalized spacial score (nSPS) is 16.3. The van der Waals surface area contributed by atoms with Crippen molar-refractivity contribution in [3.05, 3.63) is 0 Å². The number of hydrogen-bond acceptors (Lipinski definition) is 0. The van der Waals surface area contributed by atoms with Crippen molar-refractivity contribution in [1.29, 1.82) is 0 Å². The quantitative estimate of drug-likeness (QED) is 0.0540. The SMILES string of the molecule is CCCCCCCCCCCCCCCC(CCCC)(C(C)C)C(CC(C)C)(C(C)CC)C(CCCCCCCC)(CCCCCCCCCCCC)C(C)(C)C.